The van der Waals surface area contributed by atoms with Crippen LogP contribution in [0.15, 0.2) is 103 Å². The fourth-order valence-corrected chi connectivity index (χ4v) is 5.02. The molecule has 0 N–H and O–H groups in total. The monoisotopic (exact) mass is 597 g/mol. The van der Waals surface area contributed by atoms with Crippen LogP contribution in [0.25, 0.3) is 33.4 Å². The van der Waals surface area contributed by atoms with Crippen LogP contribution >= 0.6 is 0 Å². The number of halogens is 5. The lowest BCUT2D eigenvalue weighted by Gasteiger charge is -2.19. The molecule has 0 saturated heterocycles. The van der Waals surface area contributed by atoms with Crippen molar-refractivity contribution < 1.29 is 26.7 Å². The molecule has 5 aromatic rings. The van der Waals surface area contributed by atoms with E-state index >= 15 is 4.39 Å². The molecule has 0 fully saturated rings. The number of aryl methyl sites for hydroxylation is 1. The third-order valence-electron chi connectivity index (χ3n) is 7.42. The Kier molecular flexibility index (Phi) is 9.10. The lowest BCUT2D eigenvalue weighted by atomic mass is 9.97. The van der Waals surface area contributed by atoms with Crippen molar-refractivity contribution in [3.63, 3.8) is 0 Å². The molecular weight excluding hydrogens is 569 g/mol. The SMILES string of the molecule is CCCCCc1ccc(C(F)(F)Oc2ccc(-c3ccc(-c4ccc(-c5ccc(C#N)cc5)c(F)c4)c(F)c3)cc2)c(F)c1. The van der Waals surface area contributed by atoms with E-state index in [-0.39, 0.29) is 11.3 Å². The van der Waals surface area contributed by atoms with Crippen LogP contribution in [0, 0.1) is 28.8 Å². The molecule has 0 bridgehead atoms. The molecule has 44 heavy (non-hydrogen) atoms. The highest BCUT2D eigenvalue weighted by Crippen LogP contribution is 2.36. The molecule has 0 spiro atoms. The van der Waals surface area contributed by atoms with Crippen molar-refractivity contribution in [1.29, 1.82) is 5.26 Å². The number of nitriles is 1. The van der Waals surface area contributed by atoms with Crippen LogP contribution in [0.5, 0.6) is 5.75 Å². The molecule has 5 rings (SSSR count). The second kappa shape index (κ2) is 13.1. The van der Waals surface area contributed by atoms with Crippen LogP contribution in [-0.2, 0) is 12.5 Å². The minimum atomic E-state index is -3.90. The maximum absolute atomic E-state index is 15.2. The van der Waals surface area contributed by atoms with Crippen LogP contribution in [0.3, 0.4) is 0 Å². The summed E-state index contributed by atoms with van der Waals surface area (Å²) < 4.78 is 79.3. The standard InChI is InChI=1S/C37H28F5NO/c1-2-3-4-5-24-8-19-33(36(40)20-24)37(41,42)44-30-15-11-26(12-16-30)28-13-17-32(34(38)21-28)29-14-18-31(35(39)22-29)27-9-6-25(23-43)7-10-27/h6-22H,2-5H2,1H3. The van der Waals surface area contributed by atoms with Gasteiger partial charge in [0.2, 0.25) is 0 Å². The van der Waals surface area contributed by atoms with E-state index in [0.717, 1.165) is 31.4 Å². The Hall–Kier alpha value is -4.96. The van der Waals surface area contributed by atoms with Crippen LogP contribution < -0.4 is 4.74 Å². The van der Waals surface area contributed by atoms with Gasteiger partial charge in [-0.15, -0.1) is 0 Å². The molecule has 0 aliphatic rings. The van der Waals surface area contributed by atoms with Gasteiger partial charge in [0.25, 0.3) is 0 Å². The van der Waals surface area contributed by atoms with E-state index in [9.17, 15) is 17.6 Å². The fraction of sp³-hybridized carbons (Fsp3) is 0.162. The zero-order chi connectivity index (χ0) is 31.3. The number of rotatable bonds is 10. The molecule has 7 heteroatoms. The van der Waals surface area contributed by atoms with E-state index in [0.29, 0.717) is 45.4 Å². The van der Waals surface area contributed by atoms with E-state index in [1.165, 1.54) is 48.5 Å². The van der Waals surface area contributed by atoms with Gasteiger partial charge >= 0.3 is 6.11 Å². The summed E-state index contributed by atoms with van der Waals surface area (Å²) in [4.78, 5) is 0. The second-order valence-corrected chi connectivity index (χ2v) is 10.5. The third kappa shape index (κ3) is 6.81. The van der Waals surface area contributed by atoms with Crippen molar-refractivity contribution >= 4 is 0 Å². The summed E-state index contributed by atoms with van der Waals surface area (Å²) in [6, 6.07) is 26.7. The number of benzene rings is 5. The van der Waals surface area contributed by atoms with Gasteiger partial charge in [0.15, 0.2) is 0 Å². The molecular formula is C37H28F5NO. The maximum Gasteiger partial charge on any atom is 0.429 e. The second-order valence-electron chi connectivity index (χ2n) is 10.5. The van der Waals surface area contributed by atoms with Gasteiger partial charge in [-0.25, -0.2) is 13.2 Å². The van der Waals surface area contributed by atoms with Crippen LogP contribution in [0.2, 0.25) is 0 Å². The van der Waals surface area contributed by atoms with Crippen molar-refractivity contribution in [3.05, 3.63) is 137 Å². The van der Waals surface area contributed by atoms with Crippen molar-refractivity contribution in [2.75, 3.05) is 0 Å². The number of alkyl halides is 2. The normalized spacial score (nSPS) is 11.3. The van der Waals surface area contributed by atoms with Crippen molar-refractivity contribution in [2.45, 2.75) is 38.7 Å². The van der Waals surface area contributed by atoms with Gasteiger partial charge in [-0.05, 0) is 89.2 Å². The van der Waals surface area contributed by atoms with Crippen molar-refractivity contribution in [3.8, 4) is 45.2 Å². The minimum absolute atomic E-state index is 0.180. The first-order chi connectivity index (χ1) is 21.2. The highest BCUT2D eigenvalue weighted by atomic mass is 19.3. The van der Waals surface area contributed by atoms with Crippen LogP contribution in [0.4, 0.5) is 22.0 Å². The topological polar surface area (TPSA) is 33.0 Å². The summed E-state index contributed by atoms with van der Waals surface area (Å²) in [7, 11) is 0. The largest absolute Gasteiger partial charge is 0.429 e. The summed E-state index contributed by atoms with van der Waals surface area (Å²) in [5.41, 5.74) is 2.73. The summed E-state index contributed by atoms with van der Waals surface area (Å²) >= 11 is 0. The van der Waals surface area contributed by atoms with Gasteiger partial charge in [-0.3, -0.25) is 0 Å². The Labute approximate surface area is 253 Å². The molecule has 0 unspecified atom stereocenters. The number of ether oxygens (including phenoxy) is 1. The molecule has 0 aromatic heterocycles. The first kappa shape index (κ1) is 30.5. The van der Waals surface area contributed by atoms with Gasteiger partial charge in [0.1, 0.15) is 23.2 Å². The lowest BCUT2D eigenvalue weighted by molar-refractivity contribution is -0.187. The molecule has 0 atom stereocenters. The first-order valence-corrected chi connectivity index (χ1v) is 14.2. The molecule has 0 amide bonds. The zero-order valence-electron chi connectivity index (χ0n) is 23.9. The number of hydrogen-bond donors (Lipinski definition) is 0. The van der Waals surface area contributed by atoms with Gasteiger partial charge < -0.3 is 4.74 Å². The first-order valence-electron chi connectivity index (χ1n) is 14.2. The Morgan fingerprint density at radius 3 is 1.84 bits per heavy atom. The highest BCUT2D eigenvalue weighted by Gasteiger charge is 2.37. The van der Waals surface area contributed by atoms with Gasteiger partial charge in [-0.1, -0.05) is 74.4 Å². The molecule has 0 radical (unpaired) electrons. The molecule has 2 nitrogen and oxygen atoms in total. The maximum atomic E-state index is 15.2. The summed E-state index contributed by atoms with van der Waals surface area (Å²) in [5, 5.41) is 8.96. The zero-order valence-corrected chi connectivity index (χ0v) is 23.9. The molecule has 0 aliphatic carbocycles. The average Bonchev–Trinajstić information content (AvgIpc) is 3.01. The predicted molar refractivity (Wildman–Crippen MR) is 162 cm³/mol. The summed E-state index contributed by atoms with van der Waals surface area (Å²) in [5.74, 6) is -2.33. The molecule has 0 saturated carbocycles. The lowest BCUT2D eigenvalue weighted by Crippen LogP contribution is -2.23. The Bertz CT molecular complexity index is 1810. The molecule has 5 aromatic carbocycles. The Morgan fingerprint density at radius 2 is 1.23 bits per heavy atom. The van der Waals surface area contributed by atoms with E-state index < -0.39 is 29.1 Å². The predicted octanol–water partition coefficient (Wildman–Crippen LogP) is 10.8. The fourth-order valence-electron chi connectivity index (χ4n) is 5.02. The van der Waals surface area contributed by atoms with Crippen LogP contribution in [-0.4, -0.2) is 0 Å². The van der Waals surface area contributed by atoms with Gasteiger partial charge in [0.05, 0.1) is 17.2 Å². The van der Waals surface area contributed by atoms with Gasteiger partial charge in [0, 0.05) is 11.1 Å². The van der Waals surface area contributed by atoms with E-state index in [2.05, 4.69) is 0 Å². The van der Waals surface area contributed by atoms with Gasteiger partial charge in [-0.2, -0.15) is 14.0 Å². The van der Waals surface area contributed by atoms with Crippen molar-refractivity contribution in [1.82, 2.24) is 0 Å². The smallest absolute Gasteiger partial charge is 0.429 e. The minimum Gasteiger partial charge on any atom is -0.429 e. The number of nitrogens with zero attached hydrogens (tertiary/aromatic N) is 1. The molecule has 222 valence electrons. The third-order valence-corrected chi connectivity index (χ3v) is 7.42. The number of unbranched alkanes of at least 4 members (excludes halogenated alkanes) is 2. The number of hydrogen-bond acceptors (Lipinski definition) is 2. The average molecular weight is 598 g/mol. The van der Waals surface area contributed by atoms with Crippen molar-refractivity contribution in [2.24, 2.45) is 0 Å². The van der Waals surface area contributed by atoms with E-state index in [1.807, 2.05) is 13.0 Å². The Morgan fingerprint density at radius 1 is 0.636 bits per heavy atom. The molecule has 0 aliphatic heterocycles. The quantitative estimate of drug-likeness (QED) is 0.119. The van der Waals surface area contributed by atoms with E-state index in [4.69, 9.17) is 10.00 Å². The summed E-state index contributed by atoms with van der Waals surface area (Å²) in [6.45, 7) is 2.05. The highest BCUT2D eigenvalue weighted by molar-refractivity contribution is 5.74. The Balaban J connectivity index is 1.29. The van der Waals surface area contributed by atoms with Crippen LogP contribution in [0.1, 0.15) is 42.9 Å². The van der Waals surface area contributed by atoms with E-state index in [1.54, 1.807) is 42.5 Å². The molecule has 0 heterocycles. The summed E-state index contributed by atoms with van der Waals surface area (Å²) in [6.07, 6.45) is -0.446.